The zero-order valence-corrected chi connectivity index (χ0v) is 15.9. The molecule has 5 aromatic rings. The molecule has 0 fully saturated rings. The van der Waals surface area contributed by atoms with E-state index in [4.69, 9.17) is 0 Å². The molecular formula is C21H15N5O2S. The number of aromatic amines is 1. The summed E-state index contributed by atoms with van der Waals surface area (Å²) >= 11 is 1.34. The van der Waals surface area contributed by atoms with Gasteiger partial charge in [0.15, 0.2) is 5.13 Å². The number of para-hydroxylation sites is 2. The van der Waals surface area contributed by atoms with Crippen molar-refractivity contribution in [3.63, 3.8) is 0 Å². The van der Waals surface area contributed by atoms with Crippen molar-refractivity contribution in [2.24, 2.45) is 0 Å². The van der Waals surface area contributed by atoms with E-state index in [9.17, 15) is 9.59 Å². The Morgan fingerprint density at radius 1 is 1.10 bits per heavy atom. The molecule has 29 heavy (non-hydrogen) atoms. The molecule has 5 rings (SSSR count). The maximum absolute atomic E-state index is 12.5. The Bertz CT molecular complexity index is 1420. The molecule has 0 saturated heterocycles. The third-order valence-electron chi connectivity index (χ3n) is 4.66. The number of carbonyl (C=O) groups is 1. The summed E-state index contributed by atoms with van der Waals surface area (Å²) in [7, 11) is 0. The second-order valence-electron chi connectivity index (χ2n) is 6.53. The predicted molar refractivity (Wildman–Crippen MR) is 114 cm³/mol. The average molecular weight is 401 g/mol. The summed E-state index contributed by atoms with van der Waals surface area (Å²) < 4.78 is 1.30. The molecule has 0 aliphatic heterocycles. The number of H-pyrrole nitrogens is 1. The monoisotopic (exact) mass is 401 g/mol. The lowest BCUT2D eigenvalue weighted by atomic mass is 10.1. The normalized spacial score (nSPS) is 11.2. The van der Waals surface area contributed by atoms with Crippen molar-refractivity contribution in [1.82, 2.24) is 19.5 Å². The van der Waals surface area contributed by atoms with Gasteiger partial charge in [-0.15, -0.1) is 11.3 Å². The highest BCUT2D eigenvalue weighted by Crippen LogP contribution is 2.30. The fourth-order valence-corrected chi connectivity index (χ4v) is 4.00. The first-order valence-electron chi connectivity index (χ1n) is 8.95. The number of nitrogens with one attached hydrogen (secondary N) is 2. The molecule has 2 N–H and O–H groups in total. The number of nitrogens with zero attached hydrogens (tertiary/aromatic N) is 3. The summed E-state index contributed by atoms with van der Waals surface area (Å²) in [6, 6.07) is 15.0. The molecule has 8 heteroatoms. The van der Waals surface area contributed by atoms with Crippen LogP contribution < -0.4 is 10.9 Å². The highest BCUT2D eigenvalue weighted by molar-refractivity contribution is 7.14. The Balaban J connectivity index is 1.36. The molecule has 7 nitrogen and oxygen atoms in total. The van der Waals surface area contributed by atoms with E-state index in [0.29, 0.717) is 16.0 Å². The summed E-state index contributed by atoms with van der Waals surface area (Å²) in [6.07, 6.45) is 3.30. The molecule has 0 spiro atoms. The van der Waals surface area contributed by atoms with Crippen LogP contribution in [0, 0.1) is 0 Å². The smallest absolute Gasteiger partial charge is 0.261 e. The van der Waals surface area contributed by atoms with Gasteiger partial charge in [-0.05, 0) is 18.2 Å². The van der Waals surface area contributed by atoms with Crippen molar-refractivity contribution in [3.8, 4) is 11.3 Å². The number of thiazole rings is 1. The van der Waals surface area contributed by atoms with Gasteiger partial charge < -0.3 is 10.3 Å². The predicted octanol–water partition coefficient (Wildman–Crippen LogP) is 3.64. The number of fused-ring (bicyclic) bond motifs is 2. The van der Waals surface area contributed by atoms with Crippen molar-refractivity contribution >= 4 is 44.2 Å². The second-order valence-corrected chi connectivity index (χ2v) is 7.39. The molecule has 1 amide bonds. The molecule has 0 aliphatic rings. The maximum Gasteiger partial charge on any atom is 0.261 e. The van der Waals surface area contributed by atoms with E-state index in [0.717, 1.165) is 22.2 Å². The average Bonchev–Trinajstić information content (AvgIpc) is 3.37. The maximum atomic E-state index is 12.5. The Kier molecular flexibility index (Phi) is 4.18. The van der Waals surface area contributed by atoms with Crippen LogP contribution >= 0.6 is 11.3 Å². The van der Waals surface area contributed by atoms with Gasteiger partial charge in [-0.25, -0.2) is 9.97 Å². The van der Waals surface area contributed by atoms with Gasteiger partial charge in [0.25, 0.3) is 5.56 Å². The summed E-state index contributed by atoms with van der Waals surface area (Å²) in [5, 5.41) is 6.71. The zero-order chi connectivity index (χ0) is 19.8. The number of amides is 1. The standard InChI is InChI=1S/C21H15N5O2S/c27-19(10-26-12-23-17-8-4-2-6-14(17)20(26)28)25-21-24-18(11-29-21)15-9-22-16-7-3-1-5-13(15)16/h1-9,11-12,22H,10H2,(H,24,25,27). The summed E-state index contributed by atoms with van der Waals surface area (Å²) in [5.41, 5.74) is 3.16. The van der Waals surface area contributed by atoms with E-state index in [2.05, 4.69) is 20.3 Å². The first-order chi connectivity index (χ1) is 14.2. The molecule has 0 atom stereocenters. The van der Waals surface area contributed by atoms with Crippen molar-refractivity contribution < 1.29 is 4.79 Å². The van der Waals surface area contributed by atoms with Crippen LogP contribution in [-0.2, 0) is 11.3 Å². The fraction of sp³-hybridized carbons (Fsp3) is 0.0476. The van der Waals surface area contributed by atoms with Gasteiger partial charge in [0.2, 0.25) is 5.91 Å². The van der Waals surface area contributed by atoms with E-state index in [1.165, 1.54) is 22.2 Å². The van der Waals surface area contributed by atoms with E-state index < -0.39 is 0 Å². The second kappa shape index (κ2) is 6.99. The van der Waals surface area contributed by atoms with Crippen molar-refractivity contribution in [1.29, 1.82) is 0 Å². The Hall–Kier alpha value is -3.78. The van der Waals surface area contributed by atoms with Gasteiger partial charge in [-0.2, -0.15) is 0 Å². The van der Waals surface area contributed by atoms with Crippen molar-refractivity contribution in [3.05, 3.63) is 76.8 Å². The number of anilines is 1. The van der Waals surface area contributed by atoms with Gasteiger partial charge in [-0.3, -0.25) is 14.2 Å². The van der Waals surface area contributed by atoms with Gasteiger partial charge in [-0.1, -0.05) is 30.3 Å². The SMILES string of the molecule is O=C(Cn1cnc2ccccc2c1=O)Nc1nc(-c2c[nH]c3ccccc23)cs1. The Morgan fingerprint density at radius 2 is 1.90 bits per heavy atom. The number of hydrogen-bond donors (Lipinski definition) is 2. The van der Waals surface area contributed by atoms with Crippen LogP contribution in [0.25, 0.3) is 33.1 Å². The quantitative estimate of drug-likeness (QED) is 0.481. The largest absolute Gasteiger partial charge is 0.360 e. The highest BCUT2D eigenvalue weighted by atomic mass is 32.1. The molecule has 0 radical (unpaired) electrons. The van der Waals surface area contributed by atoms with E-state index in [1.54, 1.807) is 18.2 Å². The van der Waals surface area contributed by atoms with Crippen LogP contribution in [0.15, 0.2) is 71.2 Å². The number of aromatic nitrogens is 4. The summed E-state index contributed by atoms with van der Waals surface area (Å²) in [4.78, 5) is 36.9. The summed E-state index contributed by atoms with van der Waals surface area (Å²) in [5.74, 6) is -0.330. The third kappa shape index (κ3) is 3.19. The molecule has 0 unspecified atom stereocenters. The van der Waals surface area contributed by atoms with Crippen molar-refractivity contribution in [2.45, 2.75) is 6.54 Å². The van der Waals surface area contributed by atoms with Gasteiger partial charge in [0, 0.05) is 28.0 Å². The lowest BCUT2D eigenvalue weighted by molar-refractivity contribution is -0.116. The van der Waals surface area contributed by atoms with Crippen LogP contribution in [0.3, 0.4) is 0 Å². The van der Waals surface area contributed by atoms with Crippen LogP contribution in [0.5, 0.6) is 0 Å². The van der Waals surface area contributed by atoms with E-state index >= 15 is 0 Å². The highest BCUT2D eigenvalue weighted by Gasteiger charge is 2.13. The van der Waals surface area contributed by atoms with Crippen LogP contribution in [0.2, 0.25) is 0 Å². The third-order valence-corrected chi connectivity index (χ3v) is 5.42. The van der Waals surface area contributed by atoms with Gasteiger partial charge in [0.05, 0.1) is 22.9 Å². The minimum atomic E-state index is -0.330. The molecule has 0 bridgehead atoms. The fourth-order valence-electron chi connectivity index (χ4n) is 3.27. The van der Waals surface area contributed by atoms with E-state index in [1.807, 2.05) is 41.9 Å². The number of hydrogen-bond acceptors (Lipinski definition) is 5. The van der Waals surface area contributed by atoms with Crippen LogP contribution in [0.1, 0.15) is 0 Å². The first kappa shape index (κ1) is 17.3. The Labute approximate surface area is 168 Å². The van der Waals surface area contributed by atoms with Gasteiger partial charge >= 0.3 is 0 Å². The molecule has 0 aliphatic carbocycles. The van der Waals surface area contributed by atoms with Gasteiger partial charge in [0.1, 0.15) is 6.54 Å². The topological polar surface area (TPSA) is 92.7 Å². The number of carbonyl (C=O) groups excluding carboxylic acids is 1. The molecule has 3 heterocycles. The first-order valence-corrected chi connectivity index (χ1v) is 9.83. The molecule has 2 aromatic carbocycles. The number of rotatable bonds is 4. The molecule has 3 aromatic heterocycles. The minimum Gasteiger partial charge on any atom is -0.360 e. The molecule has 142 valence electrons. The Morgan fingerprint density at radius 3 is 2.79 bits per heavy atom. The summed E-state index contributed by atoms with van der Waals surface area (Å²) in [6.45, 7) is -0.126. The lowest BCUT2D eigenvalue weighted by Crippen LogP contribution is -2.27. The molecule has 0 saturated carbocycles. The zero-order valence-electron chi connectivity index (χ0n) is 15.1. The van der Waals surface area contributed by atoms with Crippen LogP contribution in [0.4, 0.5) is 5.13 Å². The molecular weight excluding hydrogens is 386 g/mol. The minimum absolute atomic E-state index is 0.126. The van der Waals surface area contributed by atoms with Crippen molar-refractivity contribution in [2.75, 3.05) is 5.32 Å². The van der Waals surface area contributed by atoms with Crippen LogP contribution in [-0.4, -0.2) is 25.4 Å². The van der Waals surface area contributed by atoms with E-state index in [-0.39, 0.29) is 18.0 Å². The lowest BCUT2D eigenvalue weighted by Gasteiger charge is -2.06. The number of benzene rings is 2.